The van der Waals surface area contributed by atoms with Crippen LogP contribution in [0.15, 0.2) is 126 Å². The summed E-state index contributed by atoms with van der Waals surface area (Å²) in [6, 6.07) is 29.2. The van der Waals surface area contributed by atoms with Crippen molar-refractivity contribution in [3.8, 4) is 11.6 Å². The first-order valence-corrected chi connectivity index (χ1v) is 26.6. The molecule has 348 valence electrons. The number of ketones is 2. The number of rotatable bonds is 15. The van der Waals surface area contributed by atoms with Crippen molar-refractivity contribution in [3.63, 3.8) is 0 Å². The first kappa shape index (κ1) is 46.5. The summed E-state index contributed by atoms with van der Waals surface area (Å²) >= 11 is 7.56. The molecule has 5 aromatic rings. The van der Waals surface area contributed by atoms with Crippen molar-refractivity contribution in [1.82, 2.24) is 15.0 Å². The van der Waals surface area contributed by atoms with Crippen LogP contribution in [0.25, 0.3) is 5.76 Å². The fourth-order valence-electron chi connectivity index (χ4n) is 10.4. The lowest BCUT2D eigenvalue weighted by Crippen LogP contribution is -2.68. The van der Waals surface area contributed by atoms with Crippen molar-refractivity contribution >= 4 is 37.2 Å². The van der Waals surface area contributed by atoms with Gasteiger partial charge in [0.15, 0.2) is 19.7 Å². The zero-order chi connectivity index (χ0) is 47.3. The van der Waals surface area contributed by atoms with E-state index in [1.54, 1.807) is 12.2 Å². The molecule has 12 heteroatoms. The molecule has 9 rings (SSSR count). The molecule has 1 fully saturated rings. The highest BCUT2D eigenvalue weighted by molar-refractivity contribution is 6.74. The van der Waals surface area contributed by atoms with Crippen LogP contribution in [0, 0.1) is 11.8 Å². The van der Waals surface area contributed by atoms with Gasteiger partial charge in [-0.05, 0) is 87.9 Å². The summed E-state index contributed by atoms with van der Waals surface area (Å²) in [4.78, 5) is 36.7. The molecular formula is C55H60ClN3O7Si. The molecule has 0 radical (unpaired) electrons. The average Bonchev–Trinajstić information content (AvgIpc) is 3.73. The number of aliphatic hydroxyl groups excluding tert-OH is 1. The van der Waals surface area contributed by atoms with Crippen LogP contribution in [-0.4, -0.2) is 65.2 Å². The minimum Gasteiger partial charge on any atom is -0.507 e. The Kier molecular flexibility index (Phi) is 12.8. The molecule has 2 heterocycles. The molecule has 4 aliphatic rings. The van der Waals surface area contributed by atoms with Gasteiger partial charge in [-0.3, -0.25) is 19.4 Å². The first-order valence-electron chi connectivity index (χ1n) is 23.3. The highest BCUT2D eigenvalue weighted by Gasteiger charge is 2.69. The number of hydrogen-bond donors (Lipinski definition) is 1. The van der Waals surface area contributed by atoms with Gasteiger partial charge in [0.1, 0.15) is 30.3 Å². The van der Waals surface area contributed by atoms with Crippen LogP contribution in [-0.2, 0) is 48.4 Å². The van der Waals surface area contributed by atoms with Crippen LogP contribution >= 0.6 is 11.6 Å². The third-order valence-electron chi connectivity index (χ3n) is 14.7. The molecule has 4 atom stereocenters. The molecule has 0 bridgehead atoms. The molecule has 67 heavy (non-hydrogen) atoms. The van der Waals surface area contributed by atoms with Crippen LogP contribution in [0.1, 0.15) is 88.3 Å². The van der Waals surface area contributed by atoms with E-state index in [9.17, 15) is 5.11 Å². The predicted octanol–water partition coefficient (Wildman–Crippen LogP) is 11.4. The molecule has 4 aromatic carbocycles. The van der Waals surface area contributed by atoms with E-state index in [-0.39, 0.29) is 42.4 Å². The maximum absolute atomic E-state index is 16.3. The topological polar surface area (TPSA) is 115 Å². The largest absolute Gasteiger partial charge is 0.507 e. The maximum Gasteiger partial charge on any atom is 0.265 e. The number of fused-ring (bicyclic) bond motifs is 5. The zero-order valence-corrected chi connectivity index (χ0v) is 40.9. The third kappa shape index (κ3) is 8.43. The van der Waals surface area contributed by atoms with Crippen LogP contribution in [0.5, 0.6) is 11.6 Å². The predicted molar refractivity (Wildman–Crippen MR) is 264 cm³/mol. The van der Waals surface area contributed by atoms with E-state index in [1.807, 2.05) is 79.8 Å². The Hall–Kier alpha value is -5.56. The van der Waals surface area contributed by atoms with Crippen molar-refractivity contribution in [2.24, 2.45) is 11.8 Å². The number of aromatic nitrogens is 1. The molecule has 3 aliphatic carbocycles. The molecule has 1 aliphatic heterocycles. The summed E-state index contributed by atoms with van der Waals surface area (Å²) in [6.07, 6.45) is 5.11. The van der Waals surface area contributed by atoms with E-state index in [0.717, 1.165) is 36.2 Å². The number of halogens is 1. The molecule has 10 nitrogen and oxygen atoms in total. The van der Waals surface area contributed by atoms with Gasteiger partial charge in [0, 0.05) is 49.2 Å². The van der Waals surface area contributed by atoms with E-state index in [2.05, 4.69) is 73.2 Å². The Morgan fingerprint density at radius 1 is 0.910 bits per heavy atom. The molecule has 1 aromatic heterocycles. The molecule has 0 unspecified atom stereocenters. The van der Waals surface area contributed by atoms with Crippen LogP contribution < -0.4 is 9.47 Å². The fourth-order valence-corrected chi connectivity index (χ4v) is 12.1. The average molecular weight is 939 g/mol. The van der Waals surface area contributed by atoms with Crippen molar-refractivity contribution in [2.45, 2.75) is 96.1 Å². The second-order valence-corrected chi connectivity index (χ2v) is 25.0. The van der Waals surface area contributed by atoms with Crippen molar-refractivity contribution in [2.75, 3.05) is 19.6 Å². The number of ether oxygens (including phenoxy) is 2. The number of Topliss-reactive ketones (excluding diaryl/α,β-unsaturated/α-hetero) is 2. The summed E-state index contributed by atoms with van der Waals surface area (Å²) in [5.74, 6) is -2.02. The lowest BCUT2D eigenvalue weighted by atomic mass is 9.57. The first-order chi connectivity index (χ1) is 32.2. The summed E-state index contributed by atoms with van der Waals surface area (Å²) in [7, 11) is -3.00. The lowest BCUT2D eigenvalue weighted by Gasteiger charge is -2.55. The van der Waals surface area contributed by atoms with Gasteiger partial charge in [0.2, 0.25) is 11.6 Å². The second kappa shape index (κ2) is 18.5. The number of hydrogen-bond acceptors (Lipinski definition) is 10. The Morgan fingerprint density at radius 2 is 1.54 bits per heavy atom. The Morgan fingerprint density at radius 3 is 2.18 bits per heavy atom. The molecule has 0 saturated heterocycles. The van der Waals surface area contributed by atoms with Gasteiger partial charge in [0.05, 0.1) is 11.6 Å². The third-order valence-corrected chi connectivity index (χ3v) is 19.6. The van der Waals surface area contributed by atoms with Gasteiger partial charge in [-0.25, -0.2) is 0 Å². The second-order valence-electron chi connectivity index (χ2n) is 19.9. The minimum absolute atomic E-state index is 0.0158. The summed E-state index contributed by atoms with van der Waals surface area (Å²) in [6.45, 7) is 21.8. The van der Waals surface area contributed by atoms with Gasteiger partial charge in [-0.15, -0.1) is 13.2 Å². The zero-order valence-electron chi connectivity index (χ0n) is 39.1. The monoisotopic (exact) mass is 937 g/mol. The SMILES string of the molecule is C=CCN(CC=C)[C@@H]1c2onc(OCc3ccccc3)c2C(=O)[C@@]2(O[Si](C)(C)C(C)(C)C)C(=O)C3=C(O)c4c(OCc5ccccc5)cc(CN5CCc6ccccc6C5)c(Cl)c4C[C@H]3C[C@@H]12. The van der Waals surface area contributed by atoms with Gasteiger partial charge in [-0.2, -0.15) is 0 Å². The summed E-state index contributed by atoms with van der Waals surface area (Å²) < 4.78 is 26.7. The standard InChI is InChI=1S/C55H60ClN3O7Si/c1-8-25-59(26-9-2)48-42-29-39-28-41-45(43(63-33-35-18-12-10-13-19-35)30-40(47(41)56)32-58-27-24-37-22-16-17-23-38(37)31-58)49(60)44(39)51(61)55(42,66-67(6,7)54(3,4)5)52(62)46-50(48)65-57-53(46)64-34-36-20-14-11-15-21-36/h8-23,30,39,42,48,60H,1-2,24-29,31-34H2,3-7H3/t39-,42-,48-,55-/m0/s1. The van der Waals surface area contributed by atoms with Crippen LogP contribution in [0.4, 0.5) is 0 Å². The molecule has 1 saturated carbocycles. The Labute approximate surface area is 400 Å². The smallest absolute Gasteiger partial charge is 0.265 e. The normalized spacial score (nSPS) is 21.5. The van der Waals surface area contributed by atoms with Gasteiger partial charge in [-0.1, -0.05) is 129 Å². The molecular weight excluding hydrogens is 878 g/mol. The summed E-state index contributed by atoms with van der Waals surface area (Å²) in [5, 5.41) is 17.4. The van der Waals surface area contributed by atoms with Crippen LogP contribution in [0.3, 0.4) is 0 Å². The van der Waals surface area contributed by atoms with E-state index in [0.29, 0.717) is 53.7 Å². The molecule has 0 spiro atoms. The van der Waals surface area contributed by atoms with Gasteiger partial charge >= 0.3 is 0 Å². The van der Waals surface area contributed by atoms with E-state index in [4.69, 9.17) is 30.0 Å². The van der Waals surface area contributed by atoms with Gasteiger partial charge < -0.3 is 23.5 Å². The van der Waals surface area contributed by atoms with Crippen molar-refractivity contribution in [1.29, 1.82) is 0 Å². The highest BCUT2D eigenvalue weighted by Crippen LogP contribution is 2.60. The van der Waals surface area contributed by atoms with Crippen molar-refractivity contribution in [3.05, 3.63) is 177 Å². The number of benzene rings is 4. The van der Waals surface area contributed by atoms with Crippen LogP contribution in [0.2, 0.25) is 23.2 Å². The molecule has 0 amide bonds. The maximum atomic E-state index is 16.3. The number of aliphatic hydroxyl groups is 1. The number of carbonyl (C=O) groups excluding carboxylic acids is 2. The highest BCUT2D eigenvalue weighted by atomic mass is 35.5. The minimum atomic E-state index is -3.00. The van der Waals surface area contributed by atoms with Gasteiger partial charge in [0.25, 0.3) is 5.88 Å². The van der Waals surface area contributed by atoms with E-state index >= 15 is 9.59 Å². The Bertz CT molecular complexity index is 2730. The molecule has 1 N–H and O–H groups in total. The summed E-state index contributed by atoms with van der Waals surface area (Å²) in [5.41, 5.74) is 4.52. The fraction of sp³-hybridized carbons (Fsp3) is 0.364. The Balaban J connectivity index is 1.21. The quantitative estimate of drug-likeness (QED) is 0.0618. The van der Waals surface area contributed by atoms with E-state index < -0.39 is 48.4 Å². The van der Waals surface area contributed by atoms with Crippen molar-refractivity contribution < 1.29 is 33.1 Å². The lowest BCUT2D eigenvalue weighted by molar-refractivity contribution is -0.141. The number of nitrogens with zero attached hydrogens (tertiary/aromatic N) is 3. The van der Waals surface area contributed by atoms with E-state index in [1.165, 1.54) is 11.1 Å². The number of carbonyl (C=O) groups is 2.